The number of hydrogen-bond donors (Lipinski definition) is 1. The highest BCUT2D eigenvalue weighted by atomic mass is 32.1. The molecule has 1 unspecified atom stereocenters. The van der Waals surface area contributed by atoms with Gasteiger partial charge < -0.3 is 10.2 Å². The summed E-state index contributed by atoms with van der Waals surface area (Å²) in [7, 11) is 0. The molecule has 1 aromatic rings. The number of nitrogens with one attached hydrogen (secondary N) is 1. The van der Waals surface area contributed by atoms with Crippen LogP contribution in [-0.2, 0) is 0 Å². The fourth-order valence-electron chi connectivity index (χ4n) is 2.51. The highest BCUT2D eigenvalue weighted by Gasteiger charge is 2.35. The van der Waals surface area contributed by atoms with Crippen LogP contribution in [0.1, 0.15) is 42.6 Å². The van der Waals surface area contributed by atoms with Gasteiger partial charge in [-0.05, 0) is 43.8 Å². The maximum atomic E-state index is 12.4. The molecule has 1 atom stereocenters. The minimum Gasteiger partial charge on any atom is -0.333 e. The Bertz CT molecular complexity index is 398. The number of carbonyl (C=O) groups is 1. The van der Waals surface area contributed by atoms with E-state index in [2.05, 4.69) is 14.9 Å². The van der Waals surface area contributed by atoms with Gasteiger partial charge in [-0.15, -0.1) is 5.10 Å². The van der Waals surface area contributed by atoms with E-state index in [0.29, 0.717) is 17.8 Å². The Balaban J connectivity index is 1.66. The van der Waals surface area contributed by atoms with Crippen molar-refractivity contribution in [2.24, 2.45) is 0 Å². The van der Waals surface area contributed by atoms with Crippen LogP contribution in [0.2, 0.25) is 0 Å². The van der Waals surface area contributed by atoms with Crippen molar-refractivity contribution in [1.82, 2.24) is 19.8 Å². The summed E-state index contributed by atoms with van der Waals surface area (Å²) in [4.78, 5) is 14.4. The Hall–Kier alpha value is -1.01. The van der Waals surface area contributed by atoms with Gasteiger partial charge >= 0.3 is 0 Å². The molecule has 0 aromatic carbocycles. The summed E-state index contributed by atoms with van der Waals surface area (Å²) in [6.45, 7) is 1.90. The first-order valence-electron chi connectivity index (χ1n) is 6.66. The number of aromatic nitrogens is 2. The van der Waals surface area contributed by atoms with Crippen molar-refractivity contribution in [3.8, 4) is 0 Å². The van der Waals surface area contributed by atoms with E-state index in [9.17, 15) is 4.79 Å². The van der Waals surface area contributed by atoms with E-state index in [4.69, 9.17) is 0 Å². The Labute approximate surface area is 111 Å². The van der Waals surface area contributed by atoms with Crippen LogP contribution in [0.5, 0.6) is 0 Å². The van der Waals surface area contributed by atoms with E-state index in [1.54, 1.807) is 5.38 Å². The quantitative estimate of drug-likeness (QED) is 0.892. The van der Waals surface area contributed by atoms with Gasteiger partial charge in [-0.1, -0.05) is 10.9 Å². The lowest BCUT2D eigenvalue weighted by Gasteiger charge is -2.30. The Morgan fingerprint density at radius 3 is 2.94 bits per heavy atom. The van der Waals surface area contributed by atoms with Gasteiger partial charge in [-0.3, -0.25) is 4.79 Å². The molecule has 0 spiro atoms. The van der Waals surface area contributed by atoms with Crippen LogP contribution in [0.15, 0.2) is 5.38 Å². The third-order valence-electron chi connectivity index (χ3n) is 3.66. The van der Waals surface area contributed by atoms with Gasteiger partial charge in [0.25, 0.3) is 5.91 Å². The fourth-order valence-corrected chi connectivity index (χ4v) is 2.94. The van der Waals surface area contributed by atoms with Gasteiger partial charge in [0, 0.05) is 24.0 Å². The zero-order chi connectivity index (χ0) is 12.4. The number of carbonyl (C=O) groups excluding carboxylic acids is 1. The molecule has 1 saturated heterocycles. The zero-order valence-corrected chi connectivity index (χ0v) is 11.2. The summed E-state index contributed by atoms with van der Waals surface area (Å²) in [6.07, 6.45) is 5.96. The summed E-state index contributed by atoms with van der Waals surface area (Å²) in [6, 6.07) is 0.887. The number of hydrogen-bond acceptors (Lipinski definition) is 5. The molecule has 1 N–H and O–H groups in total. The van der Waals surface area contributed by atoms with Gasteiger partial charge in [-0.25, -0.2) is 0 Å². The number of piperidine rings is 1. The standard InChI is InChI=1S/C12H18N4OS/c17-12(11-8-18-15-14-11)16(10-4-5-10)7-9-3-1-2-6-13-9/h8-10,13H,1-7H2. The smallest absolute Gasteiger partial charge is 0.275 e. The molecule has 2 aliphatic rings. The van der Waals surface area contributed by atoms with Gasteiger partial charge in [0.15, 0.2) is 5.69 Å². The van der Waals surface area contributed by atoms with Crippen molar-refractivity contribution in [2.45, 2.75) is 44.2 Å². The van der Waals surface area contributed by atoms with E-state index in [-0.39, 0.29) is 5.91 Å². The van der Waals surface area contributed by atoms with Gasteiger partial charge in [-0.2, -0.15) is 0 Å². The SMILES string of the molecule is O=C(c1csnn1)N(CC1CCCCN1)C1CC1. The van der Waals surface area contributed by atoms with Crippen LogP contribution < -0.4 is 5.32 Å². The van der Waals surface area contributed by atoms with E-state index in [0.717, 1.165) is 25.9 Å². The summed E-state index contributed by atoms with van der Waals surface area (Å²) in [5, 5.41) is 9.14. The molecule has 0 bridgehead atoms. The van der Waals surface area contributed by atoms with Crippen LogP contribution in [-0.4, -0.2) is 45.6 Å². The third kappa shape index (κ3) is 2.70. The van der Waals surface area contributed by atoms with Gasteiger partial charge in [0.1, 0.15) is 0 Å². The highest BCUT2D eigenvalue weighted by molar-refractivity contribution is 7.03. The molecule has 6 heteroatoms. The average molecular weight is 266 g/mol. The van der Waals surface area contributed by atoms with Crippen molar-refractivity contribution in [3.63, 3.8) is 0 Å². The van der Waals surface area contributed by atoms with Crippen LogP contribution in [0, 0.1) is 0 Å². The number of rotatable bonds is 4. The van der Waals surface area contributed by atoms with Crippen molar-refractivity contribution in [1.29, 1.82) is 0 Å². The minimum atomic E-state index is 0.0543. The first kappa shape index (κ1) is 12.0. The van der Waals surface area contributed by atoms with E-state index in [1.807, 2.05) is 4.90 Å². The topological polar surface area (TPSA) is 58.1 Å². The largest absolute Gasteiger partial charge is 0.333 e. The third-order valence-corrected chi connectivity index (χ3v) is 4.16. The predicted molar refractivity (Wildman–Crippen MR) is 69.6 cm³/mol. The maximum Gasteiger partial charge on any atom is 0.275 e. The molecule has 1 amide bonds. The molecule has 1 aliphatic carbocycles. The average Bonchev–Trinajstić information content (AvgIpc) is 3.10. The minimum absolute atomic E-state index is 0.0543. The van der Waals surface area contributed by atoms with E-state index in [1.165, 1.54) is 30.8 Å². The molecule has 0 radical (unpaired) electrons. The van der Waals surface area contributed by atoms with E-state index < -0.39 is 0 Å². The predicted octanol–water partition coefficient (Wildman–Crippen LogP) is 1.28. The molecule has 5 nitrogen and oxygen atoms in total. The van der Waals surface area contributed by atoms with Crippen molar-refractivity contribution in [3.05, 3.63) is 11.1 Å². The lowest BCUT2D eigenvalue weighted by Crippen LogP contribution is -2.46. The summed E-state index contributed by atoms with van der Waals surface area (Å²) in [5.41, 5.74) is 0.503. The van der Waals surface area contributed by atoms with Crippen molar-refractivity contribution in [2.75, 3.05) is 13.1 Å². The van der Waals surface area contributed by atoms with E-state index >= 15 is 0 Å². The summed E-state index contributed by atoms with van der Waals surface area (Å²) >= 11 is 1.24. The first-order chi connectivity index (χ1) is 8.84. The second kappa shape index (κ2) is 5.32. The Kier molecular flexibility index (Phi) is 3.56. The van der Waals surface area contributed by atoms with Crippen LogP contribution in [0.4, 0.5) is 0 Å². The van der Waals surface area contributed by atoms with Crippen LogP contribution in [0.25, 0.3) is 0 Å². The lowest BCUT2D eigenvalue weighted by molar-refractivity contribution is 0.0712. The van der Waals surface area contributed by atoms with Crippen molar-refractivity contribution >= 4 is 17.4 Å². The Morgan fingerprint density at radius 1 is 1.44 bits per heavy atom. The summed E-state index contributed by atoms with van der Waals surface area (Å²) in [5.74, 6) is 0.0543. The molecular weight excluding hydrogens is 248 g/mol. The number of nitrogens with zero attached hydrogens (tertiary/aromatic N) is 3. The van der Waals surface area contributed by atoms with Crippen LogP contribution >= 0.6 is 11.5 Å². The van der Waals surface area contributed by atoms with Crippen LogP contribution in [0.3, 0.4) is 0 Å². The molecule has 2 fully saturated rings. The number of amides is 1. The summed E-state index contributed by atoms with van der Waals surface area (Å²) < 4.78 is 3.78. The molecular formula is C12H18N4OS. The first-order valence-corrected chi connectivity index (χ1v) is 7.49. The van der Waals surface area contributed by atoms with Crippen molar-refractivity contribution < 1.29 is 4.79 Å². The fraction of sp³-hybridized carbons (Fsp3) is 0.750. The molecule has 3 rings (SSSR count). The highest BCUT2D eigenvalue weighted by Crippen LogP contribution is 2.29. The second-order valence-electron chi connectivity index (χ2n) is 5.13. The van der Waals surface area contributed by atoms with Gasteiger partial charge in [0.05, 0.1) is 0 Å². The second-order valence-corrected chi connectivity index (χ2v) is 5.74. The normalized spacial score (nSPS) is 23.9. The molecule has 2 heterocycles. The van der Waals surface area contributed by atoms with Gasteiger partial charge in [0.2, 0.25) is 0 Å². The molecule has 1 aliphatic heterocycles. The molecule has 18 heavy (non-hydrogen) atoms. The lowest BCUT2D eigenvalue weighted by atomic mass is 10.0. The molecule has 1 saturated carbocycles. The zero-order valence-electron chi connectivity index (χ0n) is 10.3. The monoisotopic (exact) mass is 266 g/mol. The maximum absolute atomic E-state index is 12.4. The Morgan fingerprint density at radius 2 is 2.33 bits per heavy atom. The molecule has 98 valence electrons. The molecule has 1 aromatic heterocycles.